The number of hydrogen-bond donors (Lipinski definition) is 0. The molecular formula is C21H19NO5. The Morgan fingerprint density at radius 3 is 2.30 bits per heavy atom. The molecule has 0 N–H and O–H groups in total. The van der Waals surface area contributed by atoms with Crippen LogP contribution >= 0.6 is 0 Å². The molecule has 1 heterocycles. The maximum atomic E-state index is 12.1. The molecule has 2 aromatic carbocycles. The molecule has 3 rings (SSSR count). The highest BCUT2D eigenvalue weighted by Gasteiger charge is 2.14. The Morgan fingerprint density at radius 1 is 0.926 bits per heavy atom. The maximum Gasteiger partial charge on any atom is 0.338 e. The fourth-order valence-electron chi connectivity index (χ4n) is 2.33. The van der Waals surface area contributed by atoms with Crippen LogP contribution in [0.2, 0.25) is 0 Å². The van der Waals surface area contributed by atoms with E-state index in [4.69, 9.17) is 13.9 Å². The molecule has 6 nitrogen and oxygen atoms in total. The van der Waals surface area contributed by atoms with E-state index in [1.807, 2.05) is 30.3 Å². The van der Waals surface area contributed by atoms with Gasteiger partial charge in [-0.2, -0.15) is 0 Å². The van der Waals surface area contributed by atoms with Crippen LogP contribution < -0.4 is 4.74 Å². The SMILES string of the molecule is CN(Cc1ccco1)C(=O)COC(=O)c1ccc(Oc2ccccc2)cc1. The van der Waals surface area contributed by atoms with Crippen molar-refractivity contribution in [1.29, 1.82) is 0 Å². The zero-order valence-corrected chi connectivity index (χ0v) is 14.8. The third-order valence-corrected chi connectivity index (χ3v) is 3.79. The third-order valence-electron chi connectivity index (χ3n) is 3.79. The van der Waals surface area contributed by atoms with Gasteiger partial charge >= 0.3 is 5.97 Å². The van der Waals surface area contributed by atoms with E-state index in [1.54, 1.807) is 49.7 Å². The summed E-state index contributed by atoms with van der Waals surface area (Å²) in [5, 5.41) is 0. The molecule has 0 fully saturated rings. The first-order valence-corrected chi connectivity index (χ1v) is 8.38. The summed E-state index contributed by atoms with van der Waals surface area (Å²) in [4.78, 5) is 25.6. The highest BCUT2D eigenvalue weighted by molar-refractivity contribution is 5.91. The van der Waals surface area contributed by atoms with Gasteiger partial charge < -0.3 is 18.8 Å². The third kappa shape index (κ3) is 5.22. The number of amides is 1. The van der Waals surface area contributed by atoms with E-state index in [9.17, 15) is 9.59 Å². The first-order chi connectivity index (χ1) is 13.1. The van der Waals surface area contributed by atoms with Crippen molar-refractivity contribution in [3.8, 4) is 11.5 Å². The lowest BCUT2D eigenvalue weighted by Crippen LogP contribution is -2.30. The fraction of sp³-hybridized carbons (Fsp3) is 0.143. The van der Waals surface area contributed by atoms with E-state index in [-0.39, 0.29) is 12.5 Å². The Hall–Kier alpha value is -3.54. The number of benzene rings is 2. The molecule has 27 heavy (non-hydrogen) atoms. The zero-order valence-electron chi connectivity index (χ0n) is 14.8. The molecule has 1 aromatic heterocycles. The van der Waals surface area contributed by atoms with E-state index in [0.29, 0.717) is 29.4 Å². The summed E-state index contributed by atoms with van der Waals surface area (Å²) >= 11 is 0. The zero-order chi connectivity index (χ0) is 19.1. The van der Waals surface area contributed by atoms with Crippen LogP contribution in [0.4, 0.5) is 0 Å². The second kappa shape index (κ2) is 8.71. The van der Waals surface area contributed by atoms with Crippen LogP contribution in [-0.2, 0) is 16.1 Å². The lowest BCUT2D eigenvalue weighted by atomic mass is 10.2. The Morgan fingerprint density at radius 2 is 1.63 bits per heavy atom. The minimum Gasteiger partial charge on any atom is -0.467 e. The number of ether oxygens (including phenoxy) is 2. The highest BCUT2D eigenvalue weighted by atomic mass is 16.5. The molecule has 6 heteroatoms. The van der Waals surface area contributed by atoms with Crippen molar-refractivity contribution in [2.75, 3.05) is 13.7 Å². The topological polar surface area (TPSA) is 69.0 Å². The van der Waals surface area contributed by atoms with Crippen molar-refractivity contribution in [3.63, 3.8) is 0 Å². The number of furan rings is 1. The van der Waals surface area contributed by atoms with Gasteiger partial charge in [0.2, 0.25) is 0 Å². The lowest BCUT2D eigenvalue weighted by molar-refractivity contribution is -0.133. The van der Waals surface area contributed by atoms with Gasteiger partial charge in [-0.1, -0.05) is 18.2 Å². The molecule has 138 valence electrons. The predicted octanol–water partition coefficient (Wildman–Crippen LogP) is 3.89. The number of esters is 1. The fourth-order valence-corrected chi connectivity index (χ4v) is 2.33. The van der Waals surface area contributed by atoms with Crippen LogP contribution in [-0.4, -0.2) is 30.4 Å². The molecule has 3 aromatic rings. The predicted molar refractivity (Wildman–Crippen MR) is 98.4 cm³/mol. The van der Waals surface area contributed by atoms with Crippen molar-refractivity contribution in [2.45, 2.75) is 6.54 Å². The number of nitrogens with zero attached hydrogens (tertiary/aromatic N) is 1. The summed E-state index contributed by atoms with van der Waals surface area (Å²) in [6, 6.07) is 19.4. The van der Waals surface area contributed by atoms with Crippen LogP contribution in [0, 0.1) is 0 Å². The largest absolute Gasteiger partial charge is 0.467 e. The minimum absolute atomic E-state index is 0.314. The van der Waals surface area contributed by atoms with E-state index < -0.39 is 5.97 Å². The van der Waals surface area contributed by atoms with Crippen LogP contribution in [0.15, 0.2) is 77.4 Å². The number of para-hydroxylation sites is 1. The average Bonchev–Trinajstić information content (AvgIpc) is 3.20. The molecule has 0 spiro atoms. The van der Waals surface area contributed by atoms with Crippen LogP contribution in [0.5, 0.6) is 11.5 Å². The van der Waals surface area contributed by atoms with Crippen molar-refractivity contribution in [1.82, 2.24) is 4.90 Å². The van der Waals surface area contributed by atoms with Gasteiger partial charge in [0.05, 0.1) is 18.4 Å². The maximum absolute atomic E-state index is 12.1. The van der Waals surface area contributed by atoms with E-state index >= 15 is 0 Å². The van der Waals surface area contributed by atoms with E-state index in [0.717, 1.165) is 0 Å². The molecule has 0 atom stereocenters. The second-order valence-corrected chi connectivity index (χ2v) is 5.84. The molecule has 0 unspecified atom stereocenters. The molecular weight excluding hydrogens is 346 g/mol. The van der Waals surface area contributed by atoms with Gasteiger partial charge in [0.1, 0.15) is 17.3 Å². The summed E-state index contributed by atoms with van der Waals surface area (Å²) < 4.78 is 15.9. The van der Waals surface area contributed by atoms with E-state index in [1.165, 1.54) is 4.90 Å². The Bertz CT molecular complexity index is 873. The van der Waals surface area contributed by atoms with Crippen LogP contribution in [0.25, 0.3) is 0 Å². The Kier molecular flexibility index (Phi) is 5.89. The molecule has 0 saturated heterocycles. The minimum atomic E-state index is -0.569. The average molecular weight is 365 g/mol. The number of carbonyl (C=O) groups is 2. The second-order valence-electron chi connectivity index (χ2n) is 5.84. The highest BCUT2D eigenvalue weighted by Crippen LogP contribution is 2.21. The normalized spacial score (nSPS) is 10.3. The Balaban J connectivity index is 1.49. The van der Waals surface area contributed by atoms with Gasteiger partial charge in [0.15, 0.2) is 6.61 Å². The number of likely N-dealkylation sites (N-methyl/N-ethyl adjacent to an activating group) is 1. The first kappa shape index (κ1) is 18.3. The van der Waals surface area contributed by atoms with Crippen molar-refractivity contribution in [3.05, 3.63) is 84.3 Å². The van der Waals surface area contributed by atoms with Gasteiger partial charge in [-0.3, -0.25) is 4.79 Å². The number of carbonyl (C=O) groups excluding carboxylic acids is 2. The van der Waals surface area contributed by atoms with Gasteiger partial charge in [0, 0.05) is 7.05 Å². The first-order valence-electron chi connectivity index (χ1n) is 8.38. The summed E-state index contributed by atoms with van der Waals surface area (Å²) in [5.41, 5.74) is 0.344. The van der Waals surface area contributed by atoms with Gasteiger partial charge in [-0.15, -0.1) is 0 Å². The van der Waals surface area contributed by atoms with Crippen LogP contribution in [0.3, 0.4) is 0 Å². The molecule has 0 aliphatic rings. The molecule has 0 aliphatic carbocycles. The van der Waals surface area contributed by atoms with Crippen molar-refractivity contribution >= 4 is 11.9 Å². The summed E-state index contributed by atoms with van der Waals surface area (Å²) in [6.07, 6.45) is 1.54. The van der Waals surface area contributed by atoms with Crippen molar-refractivity contribution < 1.29 is 23.5 Å². The van der Waals surface area contributed by atoms with E-state index in [2.05, 4.69) is 0 Å². The van der Waals surface area contributed by atoms with Gasteiger partial charge in [0.25, 0.3) is 5.91 Å². The quantitative estimate of drug-likeness (QED) is 0.594. The summed E-state index contributed by atoms with van der Waals surface area (Å²) in [7, 11) is 1.62. The Labute approximate surface area is 156 Å². The monoisotopic (exact) mass is 365 g/mol. The number of hydrogen-bond acceptors (Lipinski definition) is 5. The van der Waals surface area contributed by atoms with Crippen LogP contribution in [0.1, 0.15) is 16.1 Å². The lowest BCUT2D eigenvalue weighted by Gasteiger charge is -2.15. The summed E-state index contributed by atoms with van der Waals surface area (Å²) in [5.74, 6) is 1.08. The molecule has 0 aliphatic heterocycles. The smallest absolute Gasteiger partial charge is 0.338 e. The molecule has 0 saturated carbocycles. The molecule has 0 bridgehead atoms. The molecule has 1 amide bonds. The van der Waals surface area contributed by atoms with Gasteiger partial charge in [-0.05, 0) is 48.5 Å². The van der Waals surface area contributed by atoms with Gasteiger partial charge in [-0.25, -0.2) is 4.79 Å². The standard InChI is InChI=1S/C21H19NO5/c1-22(14-19-8-5-13-25-19)20(23)15-26-21(24)16-9-11-18(12-10-16)27-17-6-3-2-4-7-17/h2-13H,14-15H2,1H3. The van der Waals surface area contributed by atoms with Crippen molar-refractivity contribution in [2.24, 2.45) is 0 Å². The summed E-state index contributed by atoms with van der Waals surface area (Å²) in [6.45, 7) is -0.0206. The number of rotatable bonds is 7. The molecule has 0 radical (unpaired) electrons.